The van der Waals surface area contributed by atoms with E-state index >= 15 is 0 Å². The molecule has 0 aliphatic carbocycles. The summed E-state index contributed by atoms with van der Waals surface area (Å²) in [6.07, 6.45) is 4.51. The van der Waals surface area contributed by atoms with Crippen LogP contribution in [0.25, 0.3) is 64.6 Å². The number of carbonyl (C=O) groups excluding carboxylic acids is 4. The Morgan fingerprint density at radius 1 is 0.634 bits per heavy atom. The molecule has 0 spiro atoms. The van der Waals surface area contributed by atoms with E-state index < -0.39 is 0 Å². The fourth-order valence-electron chi connectivity index (χ4n) is 9.95. The molecule has 5 N–H and O–H groups in total. The number of ether oxygens (including phenoxy) is 1. The average Bonchev–Trinajstić information content (AvgIpc) is 1.52. The van der Waals surface area contributed by atoms with E-state index in [0.29, 0.717) is 24.1 Å². The third kappa shape index (κ3) is 40.5. The third-order valence-corrected chi connectivity index (χ3v) is 20.6. The van der Waals surface area contributed by atoms with Crippen molar-refractivity contribution >= 4 is 276 Å². The van der Waals surface area contributed by atoms with Gasteiger partial charge in [0.2, 0.25) is 12.8 Å². The Kier molecular flexibility index (Phi) is 67.0. The molecule has 112 heavy (non-hydrogen) atoms. The maximum atomic E-state index is 10.2. The summed E-state index contributed by atoms with van der Waals surface area (Å²) in [5.74, 6) is 4.91. The smallest absolute Gasteiger partial charge is 1.00 e. The number of nitrogens with two attached hydrogens (primary N) is 1. The van der Waals surface area contributed by atoms with Crippen molar-refractivity contribution in [2.45, 2.75) is 51.7 Å². The largest absolute Gasteiger partial charge is 1.00 e. The van der Waals surface area contributed by atoms with Crippen molar-refractivity contribution in [3.63, 3.8) is 0 Å². The molecule has 1 radical (unpaired) electrons. The number of hydrogen-bond acceptors (Lipinski definition) is 17. The number of hydrogen-bond donors (Lipinski definition) is 5. The van der Waals surface area contributed by atoms with Crippen LogP contribution >= 0.6 is 161 Å². The molecule has 1 heterocycles. The third-order valence-electron chi connectivity index (χ3n) is 14.8. The standard InChI is InChI=1S/C15H14BrNOS.C13H10BrN3S.C12H8BrNS.C11H8Br2.C11H9Br.C11H10.C3H5BrO2.CH4N2O.CHNS.CH2O3.CH4.BHNS.3K.H/c16-15-8-6-11(5-7-12(19)9-17-10-18)13-3-1-2-4-14(13)15;14-12-6-5-9(7-17-8-15-16-13(17)18)10-3-1-2-4-11(10)12;13-12-6-5-9(7-15-8-14)10-3-1-2-4-11(10)12;12-7-8-5-6-11(13)10-4-2-1-3-9(8)10;1-8-6-7-11(12)10-5-3-2-4-9(8)10;1-9-5-4-7-10-6-2-3-8-11(9)10;1-6-3(5)2-4;2-3-1-4;2-1-3;2-1-4-3;;1-2-3;;;;/h1-4,6,8,10H,5,7,9H2,(H,17,18);1-6,8H,7H2,(H,16,18);1-6H,7H2;1-6H,7H2;2-7H,1H3;2-8H,1H3;2H2,1H3;1H,2H2,(H,3,4);3H;1,3H;1H4;3H;;;;/q;;;;;;;;;;;;3*+1;-1/p-2. The molecule has 0 aliphatic rings. The molecule has 12 aromatic carbocycles. The van der Waals surface area contributed by atoms with Crippen LogP contribution in [-0.2, 0) is 65.5 Å². The molecule has 2 amide bonds. The van der Waals surface area contributed by atoms with Crippen LogP contribution in [0.2, 0.25) is 0 Å². The van der Waals surface area contributed by atoms with Gasteiger partial charge in [-0.15, -0.1) is 0 Å². The Morgan fingerprint density at radius 3 is 1.37 bits per heavy atom. The van der Waals surface area contributed by atoms with Crippen LogP contribution < -0.4 is 176 Å². The van der Waals surface area contributed by atoms with Crippen molar-refractivity contribution in [3.05, 3.63) is 291 Å². The molecule has 13 aromatic rings. The number of esters is 1. The van der Waals surface area contributed by atoms with Crippen molar-refractivity contribution in [2.75, 3.05) is 19.0 Å². The Labute approximate surface area is 869 Å². The van der Waals surface area contributed by atoms with E-state index in [4.69, 9.17) is 49.8 Å². The van der Waals surface area contributed by atoms with Crippen molar-refractivity contribution in [1.29, 1.82) is 10.5 Å². The fourth-order valence-corrected chi connectivity index (χ4v) is 13.9. The van der Waals surface area contributed by atoms with E-state index in [9.17, 15) is 9.59 Å². The second kappa shape index (κ2) is 67.3. The number of nitriles is 2. The van der Waals surface area contributed by atoms with Crippen molar-refractivity contribution < 1.29 is 190 Å². The van der Waals surface area contributed by atoms with Crippen LogP contribution in [0.5, 0.6) is 0 Å². The summed E-state index contributed by atoms with van der Waals surface area (Å²) in [7, 11) is 5.69. The van der Waals surface area contributed by atoms with Crippen LogP contribution in [0.15, 0.2) is 257 Å². The zero-order chi connectivity index (χ0) is 79.6. The van der Waals surface area contributed by atoms with Crippen LogP contribution in [0.1, 0.15) is 48.7 Å². The maximum absolute atomic E-state index is 10.2. The summed E-state index contributed by atoms with van der Waals surface area (Å²) in [4.78, 5) is 41.2. The first-order chi connectivity index (χ1) is 52.3. The summed E-state index contributed by atoms with van der Waals surface area (Å²) in [6, 6.07) is 77.5. The number of aryl methyl sites for hydroxylation is 3. The number of aromatic nitrogens is 3. The zero-order valence-electron chi connectivity index (χ0n) is 62.1. The molecule has 567 valence electrons. The number of nitrogens with one attached hydrogen (secondary N) is 3. The number of amides is 2. The van der Waals surface area contributed by atoms with Gasteiger partial charge in [-0.2, -0.15) is 10.4 Å². The van der Waals surface area contributed by atoms with Crippen LogP contribution in [-0.4, -0.2) is 71.5 Å². The number of benzene rings is 12. The average molecular weight is 2120 g/mol. The van der Waals surface area contributed by atoms with Crippen LogP contribution in [0.3, 0.4) is 0 Å². The van der Waals surface area contributed by atoms with E-state index in [1.54, 1.807) is 11.8 Å². The summed E-state index contributed by atoms with van der Waals surface area (Å²) in [5.41, 5.74) is 9.48. The quantitative estimate of drug-likeness (QED) is 0.00552. The Balaban J connectivity index is -0.00000122. The minimum Gasteiger partial charge on any atom is -1.00 e. The SMILES string of the molecule is BrCc1ccc(Br)c2ccccc12.C.COC(=O)CBr.Cc1ccc(Br)c2ccccc12.Cc1cccc2ccccc12.N#CSCc1ccc(Br)c2ccccc12.N#C[S-].NNC=O.O=CNCC(=S)CCc1ccc(Br)c2ccccc12.O=CO[O-].S=c1[nH]ncn1Cc1ccc(Br)c2ccccc12.[B]=NS.[H-].[K+].[K+].[K+]. The van der Waals surface area contributed by atoms with E-state index in [-0.39, 0.29) is 181 Å². The van der Waals surface area contributed by atoms with E-state index in [1.165, 1.54) is 127 Å². The summed E-state index contributed by atoms with van der Waals surface area (Å²) >= 11 is 42.7. The number of thiocarbonyl (C=S) groups is 1. The second-order valence-corrected chi connectivity index (χ2v) is 29.0. The number of halogens is 7. The number of thiol groups is 1. The number of nitrogens with zero attached hydrogens (tertiary/aromatic N) is 5. The van der Waals surface area contributed by atoms with Gasteiger partial charge >= 0.3 is 185 Å². The van der Waals surface area contributed by atoms with Crippen LogP contribution in [0.4, 0.5) is 0 Å². The van der Waals surface area contributed by atoms with E-state index in [1.807, 2.05) is 47.0 Å². The van der Waals surface area contributed by atoms with Crippen molar-refractivity contribution in [2.24, 2.45) is 10.1 Å². The van der Waals surface area contributed by atoms with Crippen molar-refractivity contribution in [1.82, 2.24) is 25.5 Å². The summed E-state index contributed by atoms with van der Waals surface area (Å²) in [6.45, 7) is 5.30. The van der Waals surface area contributed by atoms with Gasteiger partial charge in [0, 0.05) is 44.9 Å². The second-order valence-electron chi connectivity index (χ2n) is 21.4. The van der Waals surface area contributed by atoms with Gasteiger partial charge in [-0.25, -0.2) is 11.1 Å². The molecule has 0 saturated carbocycles. The zero-order valence-corrected chi connectivity index (χ0v) is 85.7. The first-order valence-corrected chi connectivity index (χ1v) is 40.5. The number of fused-ring (bicyclic) bond motifs is 6. The molecule has 0 unspecified atom stereocenters. The summed E-state index contributed by atoms with van der Waals surface area (Å²) in [5, 5.41) is 53.3. The number of carbonyl (C=O) groups is 4. The maximum Gasteiger partial charge on any atom is 1.00 e. The monoisotopic (exact) mass is 2110 g/mol. The Bertz CT molecular complexity index is 5140. The number of rotatable bonds is 14. The number of H-pyrrole nitrogens is 1. The van der Waals surface area contributed by atoms with Gasteiger partial charge in [-0.1, -0.05) is 331 Å². The van der Waals surface area contributed by atoms with Crippen LogP contribution in [0, 0.1) is 39.9 Å². The molecule has 0 bridgehead atoms. The number of methoxy groups -OCH3 is 1. The Morgan fingerprint density at radius 2 is 0.991 bits per heavy atom. The first kappa shape index (κ1) is 112. The van der Waals surface area contributed by atoms with Gasteiger partial charge in [0.1, 0.15) is 17.1 Å². The molecule has 13 rings (SSSR count). The number of thioether (sulfide) groups is 1. The molecule has 0 saturated heterocycles. The van der Waals surface area contributed by atoms with Gasteiger partial charge in [0.15, 0.2) is 4.77 Å². The molecule has 0 fully saturated rings. The number of hydrazine groups is 1. The molecular weight excluding hydrogens is 2050 g/mol. The normalized spacial score (nSPS) is 9.20. The van der Waals surface area contributed by atoms with E-state index in [2.05, 4.69) is 381 Å². The number of aromatic amines is 1. The molecule has 0 atom stereocenters. The predicted octanol–water partition coefficient (Wildman–Crippen LogP) is 13.0. The van der Waals surface area contributed by atoms with Gasteiger partial charge in [-0.3, -0.25) is 29.7 Å². The molecule has 1 aromatic heterocycles. The molecular formula is C80H75BBr7K3N9O7S5. The minimum absolute atomic E-state index is 0. The number of thiocyanates is 2. The number of alkyl halides is 2. The predicted molar refractivity (Wildman–Crippen MR) is 487 cm³/mol. The minimum atomic E-state index is -0.241. The molecule has 0 aliphatic heterocycles. The topological polar surface area (TPSA) is 253 Å². The van der Waals surface area contributed by atoms with Crippen molar-refractivity contribution in [3.8, 4) is 10.8 Å². The fraction of sp³-hybridized carbons (Fsp3) is 0.138. The first-order valence-electron chi connectivity index (χ1n) is 31.7. The van der Waals surface area contributed by atoms with E-state index in [0.717, 1.165) is 53.2 Å². The van der Waals surface area contributed by atoms with Gasteiger partial charge in [0.25, 0.3) is 6.47 Å². The van der Waals surface area contributed by atoms with Gasteiger partial charge < -0.3 is 38.8 Å². The summed E-state index contributed by atoms with van der Waals surface area (Å²) < 4.78 is 15.1. The van der Waals surface area contributed by atoms with Gasteiger partial charge in [0.05, 0.1) is 13.7 Å². The molecule has 16 nitrogen and oxygen atoms in total. The van der Waals surface area contributed by atoms with Gasteiger partial charge in [-0.05, 0) is 179 Å². The molecule has 32 heteroatoms. The Hall–Kier alpha value is -2.52.